The molecule has 0 saturated carbocycles. The second-order valence-electron chi connectivity index (χ2n) is 6.52. The smallest absolute Gasteiger partial charge is 0.387 e. The van der Waals surface area contributed by atoms with Crippen molar-refractivity contribution in [3.8, 4) is 23.8 Å². The predicted molar refractivity (Wildman–Crippen MR) is 101 cm³/mol. The van der Waals surface area contributed by atoms with Crippen molar-refractivity contribution >= 4 is 16.9 Å². The molecule has 7 heteroatoms. The number of carbonyl (C=O) groups is 1. The summed E-state index contributed by atoms with van der Waals surface area (Å²) < 4.78 is 32.6. The molecule has 0 aliphatic carbocycles. The van der Waals surface area contributed by atoms with Gasteiger partial charge in [0.05, 0.1) is 22.6 Å². The minimum Gasteiger partial charge on any atom is -0.433 e. The van der Waals surface area contributed by atoms with Gasteiger partial charge in [-0.05, 0) is 36.8 Å². The molecular formula is C21H17F2N3O2. The summed E-state index contributed by atoms with van der Waals surface area (Å²) in [6.45, 7) is -1.08. The van der Waals surface area contributed by atoms with E-state index in [1.165, 1.54) is 12.1 Å². The quantitative estimate of drug-likeness (QED) is 0.641. The van der Waals surface area contributed by atoms with Gasteiger partial charge < -0.3 is 9.64 Å². The van der Waals surface area contributed by atoms with Gasteiger partial charge in [-0.15, -0.1) is 6.42 Å². The van der Waals surface area contributed by atoms with Crippen molar-refractivity contribution in [2.24, 2.45) is 0 Å². The molecule has 1 aliphatic heterocycles. The Kier molecular flexibility index (Phi) is 4.27. The second-order valence-corrected chi connectivity index (χ2v) is 6.52. The minimum absolute atomic E-state index is 0.0855. The number of hydrogen-bond donors (Lipinski definition) is 0. The Hall–Kier alpha value is -3.40. The number of nitrogens with zero attached hydrogens (tertiary/aromatic N) is 3. The molecule has 0 saturated heterocycles. The summed E-state index contributed by atoms with van der Waals surface area (Å²) in [6, 6.07) is 9.54. The van der Waals surface area contributed by atoms with Gasteiger partial charge in [0.25, 0.3) is 5.91 Å². The summed E-state index contributed by atoms with van der Waals surface area (Å²) in [5.74, 6) is 2.78. The zero-order valence-corrected chi connectivity index (χ0v) is 15.3. The summed E-state index contributed by atoms with van der Waals surface area (Å²) in [5.41, 5.74) is 2.44. The van der Waals surface area contributed by atoms with Gasteiger partial charge in [0.1, 0.15) is 11.5 Å². The molecule has 5 nitrogen and oxygen atoms in total. The topological polar surface area (TPSA) is 47.4 Å². The third-order valence-electron chi connectivity index (χ3n) is 4.99. The summed E-state index contributed by atoms with van der Waals surface area (Å²) in [5, 5.41) is 0. The van der Waals surface area contributed by atoms with Crippen molar-refractivity contribution in [3.63, 3.8) is 0 Å². The molecule has 0 radical (unpaired) electrons. The van der Waals surface area contributed by atoms with E-state index in [0.717, 1.165) is 0 Å². The molecule has 1 aliphatic rings. The highest BCUT2D eigenvalue weighted by Crippen LogP contribution is 2.40. The summed E-state index contributed by atoms with van der Waals surface area (Å²) in [6.07, 6.45) is 6.14. The highest BCUT2D eigenvalue weighted by atomic mass is 19.3. The van der Waals surface area contributed by atoms with Crippen LogP contribution in [0.1, 0.15) is 41.1 Å². The van der Waals surface area contributed by atoms with Crippen molar-refractivity contribution in [1.82, 2.24) is 14.5 Å². The standard InChI is InChI=1S/C21H17F2N3O2/c1-4-12-9-10-14-16(11-12)26-18-13(7-6-8-17(18)28-21(22)23)20(27)25(3)15(5-2)19(26)24-14/h1,6-11,15,21H,5H2,2-3H3/t15-/m1/s1. The van der Waals surface area contributed by atoms with Crippen LogP contribution in [0.25, 0.3) is 16.7 Å². The molecule has 0 bridgehead atoms. The van der Waals surface area contributed by atoms with E-state index in [2.05, 4.69) is 5.92 Å². The van der Waals surface area contributed by atoms with Crippen molar-refractivity contribution in [2.75, 3.05) is 7.05 Å². The fourth-order valence-electron chi connectivity index (χ4n) is 3.72. The normalized spacial score (nSPS) is 15.9. The van der Waals surface area contributed by atoms with Crippen molar-refractivity contribution < 1.29 is 18.3 Å². The van der Waals surface area contributed by atoms with E-state index in [4.69, 9.17) is 16.1 Å². The van der Waals surface area contributed by atoms with E-state index < -0.39 is 6.61 Å². The van der Waals surface area contributed by atoms with E-state index in [1.54, 1.807) is 40.8 Å². The number of aromatic nitrogens is 2. The summed E-state index contributed by atoms with van der Waals surface area (Å²) in [4.78, 5) is 19.4. The fraction of sp³-hybridized carbons (Fsp3) is 0.238. The molecule has 3 aromatic rings. The lowest BCUT2D eigenvalue weighted by molar-refractivity contribution is -0.0498. The molecule has 0 fully saturated rings. The van der Waals surface area contributed by atoms with Gasteiger partial charge >= 0.3 is 6.61 Å². The summed E-state index contributed by atoms with van der Waals surface area (Å²) >= 11 is 0. The Balaban J connectivity index is 2.15. The number of para-hydroxylation sites is 1. The van der Waals surface area contributed by atoms with Crippen molar-refractivity contribution in [2.45, 2.75) is 26.0 Å². The molecule has 142 valence electrons. The van der Waals surface area contributed by atoms with Crippen LogP contribution in [0.15, 0.2) is 36.4 Å². The lowest BCUT2D eigenvalue weighted by atomic mass is 10.1. The molecule has 0 unspecified atom stereocenters. The Morgan fingerprint density at radius 1 is 1.32 bits per heavy atom. The molecule has 0 N–H and O–H groups in total. The van der Waals surface area contributed by atoms with Crippen molar-refractivity contribution in [3.05, 3.63) is 53.3 Å². The van der Waals surface area contributed by atoms with Gasteiger partial charge in [-0.1, -0.05) is 18.9 Å². The number of halogens is 2. The van der Waals surface area contributed by atoms with Crippen LogP contribution in [-0.4, -0.2) is 34.0 Å². The molecule has 1 amide bonds. The van der Waals surface area contributed by atoms with Crippen LogP contribution in [0, 0.1) is 12.3 Å². The molecule has 2 aromatic carbocycles. The first-order valence-electron chi connectivity index (χ1n) is 8.80. The summed E-state index contributed by atoms with van der Waals surface area (Å²) in [7, 11) is 1.68. The van der Waals surface area contributed by atoms with Gasteiger partial charge in [0, 0.05) is 12.6 Å². The predicted octanol–water partition coefficient (Wildman–Crippen LogP) is 4.14. The Morgan fingerprint density at radius 3 is 2.79 bits per heavy atom. The van der Waals surface area contributed by atoms with Gasteiger partial charge in [-0.2, -0.15) is 8.78 Å². The largest absolute Gasteiger partial charge is 0.433 e. The maximum absolute atomic E-state index is 13.1. The first-order chi connectivity index (χ1) is 13.5. The number of terminal acetylenes is 1. The van der Waals surface area contributed by atoms with Gasteiger partial charge in [-0.25, -0.2) is 4.98 Å². The van der Waals surface area contributed by atoms with Gasteiger partial charge in [0.2, 0.25) is 0 Å². The highest BCUT2D eigenvalue weighted by Gasteiger charge is 2.35. The number of fused-ring (bicyclic) bond motifs is 5. The SMILES string of the molecule is C#Cc1ccc2nc3n(c2c1)-c1c(OC(F)F)cccc1C(=O)N(C)[C@@H]3CC. The molecular weight excluding hydrogens is 364 g/mol. The minimum atomic E-state index is -3.02. The zero-order valence-electron chi connectivity index (χ0n) is 15.3. The van der Waals surface area contributed by atoms with E-state index in [1.807, 2.05) is 6.92 Å². The lowest BCUT2D eigenvalue weighted by Crippen LogP contribution is -2.30. The average molecular weight is 381 g/mol. The number of rotatable bonds is 3. The first-order valence-corrected chi connectivity index (χ1v) is 8.80. The number of alkyl halides is 2. The number of amides is 1. The first kappa shape index (κ1) is 18.0. The van der Waals surface area contributed by atoms with Crippen LogP contribution < -0.4 is 4.74 Å². The molecule has 1 aromatic heterocycles. The average Bonchev–Trinajstić information content (AvgIpc) is 3.01. The second kappa shape index (κ2) is 6.64. The number of hydrogen-bond acceptors (Lipinski definition) is 3. The third-order valence-corrected chi connectivity index (χ3v) is 4.99. The van der Waals surface area contributed by atoms with Crippen LogP contribution in [0.2, 0.25) is 0 Å². The Morgan fingerprint density at radius 2 is 2.11 bits per heavy atom. The number of imidazole rings is 1. The maximum Gasteiger partial charge on any atom is 0.387 e. The van der Waals surface area contributed by atoms with Crippen molar-refractivity contribution in [1.29, 1.82) is 0 Å². The van der Waals surface area contributed by atoms with Crippen LogP contribution >= 0.6 is 0 Å². The van der Waals surface area contributed by atoms with Crippen LogP contribution in [0.3, 0.4) is 0 Å². The number of carbonyl (C=O) groups excluding carboxylic acids is 1. The zero-order chi connectivity index (χ0) is 20.0. The van der Waals surface area contributed by atoms with E-state index in [9.17, 15) is 13.6 Å². The number of benzene rings is 2. The highest BCUT2D eigenvalue weighted by molar-refractivity contribution is 6.00. The number of ether oxygens (including phenoxy) is 1. The fourth-order valence-corrected chi connectivity index (χ4v) is 3.72. The molecule has 0 spiro atoms. The van der Waals surface area contributed by atoms with E-state index in [0.29, 0.717) is 28.8 Å². The van der Waals surface area contributed by atoms with Gasteiger partial charge in [-0.3, -0.25) is 9.36 Å². The van der Waals surface area contributed by atoms with E-state index in [-0.39, 0.29) is 28.9 Å². The molecule has 1 atom stereocenters. The molecule has 2 heterocycles. The van der Waals surface area contributed by atoms with Crippen LogP contribution in [0.4, 0.5) is 8.78 Å². The third kappa shape index (κ3) is 2.61. The Bertz CT molecular complexity index is 1130. The van der Waals surface area contributed by atoms with Gasteiger partial charge in [0.15, 0.2) is 5.75 Å². The molecule has 4 rings (SSSR count). The lowest BCUT2D eigenvalue weighted by Gasteiger charge is -2.24. The monoisotopic (exact) mass is 381 g/mol. The maximum atomic E-state index is 13.1. The van der Waals surface area contributed by atoms with Crippen LogP contribution in [0.5, 0.6) is 5.75 Å². The molecule has 28 heavy (non-hydrogen) atoms. The van der Waals surface area contributed by atoms with E-state index >= 15 is 0 Å². The van der Waals surface area contributed by atoms with Crippen LogP contribution in [-0.2, 0) is 0 Å². The Labute approximate surface area is 160 Å².